The van der Waals surface area contributed by atoms with Gasteiger partial charge in [0.1, 0.15) is 0 Å². The van der Waals surface area contributed by atoms with E-state index in [0.29, 0.717) is 0 Å². The molecule has 0 saturated carbocycles. The number of nitrogens with one attached hydrogen (secondary N) is 1. The summed E-state index contributed by atoms with van der Waals surface area (Å²) in [5, 5.41) is 3.29. The fraction of sp³-hybridized carbons (Fsp3) is 0. The minimum atomic E-state index is -0.745. The van der Waals surface area contributed by atoms with Crippen molar-refractivity contribution in [2.45, 2.75) is 0 Å². The third-order valence-corrected chi connectivity index (χ3v) is 0.700. The van der Waals surface area contributed by atoms with Crippen molar-refractivity contribution in [2.75, 3.05) is 0 Å². The number of amides is 2. The standard InChI is InChI=1S/C4H5N4O/c5-3(9)8-4-6-1-2-7-4/h1-2H,(H2,5,9)(H,6,7). The molecular formula is C4H5N4O. The first-order valence-electron chi connectivity index (χ1n) is 2.29. The van der Waals surface area contributed by atoms with Crippen molar-refractivity contribution in [3.05, 3.63) is 12.4 Å². The van der Waals surface area contributed by atoms with Gasteiger partial charge in [-0.15, -0.1) is 0 Å². The minimum absolute atomic E-state index is 0.238. The zero-order valence-corrected chi connectivity index (χ0v) is 4.53. The van der Waals surface area contributed by atoms with Crippen LogP contribution in [0.3, 0.4) is 0 Å². The van der Waals surface area contributed by atoms with Crippen molar-refractivity contribution in [1.29, 1.82) is 0 Å². The van der Waals surface area contributed by atoms with Gasteiger partial charge in [-0.25, -0.2) is 9.78 Å². The van der Waals surface area contributed by atoms with Gasteiger partial charge in [-0.3, -0.25) is 0 Å². The summed E-state index contributed by atoms with van der Waals surface area (Å²) < 4.78 is 0. The Balaban J connectivity index is 2.58. The van der Waals surface area contributed by atoms with Gasteiger partial charge in [0, 0.05) is 12.4 Å². The molecule has 2 amide bonds. The van der Waals surface area contributed by atoms with Crippen LogP contribution in [0.4, 0.5) is 10.7 Å². The fourth-order valence-electron chi connectivity index (χ4n) is 0.422. The molecule has 0 bridgehead atoms. The van der Waals surface area contributed by atoms with E-state index in [2.05, 4.69) is 15.3 Å². The van der Waals surface area contributed by atoms with Crippen molar-refractivity contribution < 1.29 is 4.79 Å². The van der Waals surface area contributed by atoms with Crippen molar-refractivity contribution in [3.8, 4) is 0 Å². The topological polar surface area (TPSA) is 85.9 Å². The highest BCUT2D eigenvalue weighted by molar-refractivity contribution is 5.75. The molecule has 0 unspecified atom stereocenters. The zero-order chi connectivity index (χ0) is 6.69. The lowest BCUT2D eigenvalue weighted by molar-refractivity contribution is 0.251. The lowest BCUT2D eigenvalue weighted by Gasteiger charge is -1.87. The Morgan fingerprint density at radius 3 is 3.11 bits per heavy atom. The maximum Gasteiger partial charge on any atom is 0.341 e. The quantitative estimate of drug-likeness (QED) is 0.541. The Morgan fingerprint density at radius 1 is 1.89 bits per heavy atom. The summed E-state index contributed by atoms with van der Waals surface area (Å²) in [6, 6.07) is -0.745. The summed E-state index contributed by atoms with van der Waals surface area (Å²) in [4.78, 5) is 16.3. The van der Waals surface area contributed by atoms with E-state index in [-0.39, 0.29) is 5.95 Å². The molecule has 5 nitrogen and oxygen atoms in total. The summed E-state index contributed by atoms with van der Waals surface area (Å²) in [6.07, 6.45) is 3.05. The first-order chi connectivity index (χ1) is 4.29. The molecule has 0 atom stereocenters. The van der Waals surface area contributed by atoms with Crippen LogP contribution in [0, 0.1) is 0 Å². The van der Waals surface area contributed by atoms with Crippen LogP contribution in [-0.2, 0) is 0 Å². The lowest BCUT2D eigenvalue weighted by Crippen LogP contribution is -2.18. The minimum Gasteiger partial charge on any atom is -0.350 e. The summed E-state index contributed by atoms with van der Waals surface area (Å²) in [6.45, 7) is 0. The van der Waals surface area contributed by atoms with E-state index >= 15 is 0 Å². The predicted octanol–water partition coefficient (Wildman–Crippen LogP) is -0.276. The SMILES string of the molecule is NC(=O)[N]c1ncc[nH]1. The second kappa shape index (κ2) is 2.17. The summed E-state index contributed by atoms with van der Waals surface area (Å²) >= 11 is 0. The van der Waals surface area contributed by atoms with Gasteiger partial charge in [0.15, 0.2) is 0 Å². The molecule has 3 N–H and O–H groups in total. The number of carbonyl (C=O) groups is 1. The Morgan fingerprint density at radius 2 is 2.67 bits per heavy atom. The number of primary amides is 1. The highest BCUT2D eigenvalue weighted by Crippen LogP contribution is 1.92. The van der Waals surface area contributed by atoms with Crippen molar-refractivity contribution >= 4 is 12.0 Å². The van der Waals surface area contributed by atoms with E-state index in [9.17, 15) is 4.79 Å². The number of urea groups is 1. The van der Waals surface area contributed by atoms with Crippen LogP contribution in [-0.4, -0.2) is 16.0 Å². The summed E-state index contributed by atoms with van der Waals surface area (Å²) in [5.74, 6) is 0.238. The highest BCUT2D eigenvalue weighted by Gasteiger charge is 1.97. The van der Waals surface area contributed by atoms with E-state index in [1.807, 2.05) is 0 Å². The van der Waals surface area contributed by atoms with Crippen molar-refractivity contribution in [1.82, 2.24) is 15.3 Å². The predicted molar refractivity (Wildman–Crippen MR) is 30.0 cm³/mol. The van der Waals surface area contributed by atoms with E-state index < -0.39 is 6.03 Å². The average Bonchev–Trinajstić information content (AvgIpc) is 2.15. The number of hydrogen-bond donors (Lipinski definition) is 2. The summed E-state index contributed by atoms with van der Waals surface area (Å²) in [5.41, 5.74) is 4.72. The smallest absolute Gasteiger partial charge is 0.341 e. The molecule has 47 valence electrons. The lowest BCUT2D eigenvalue weighted by atomic mass is 10.9. The van der Waals surface area contributed by atoms with Gasteiger partial charge in [0.2, 0.25) is 5.95 Å². The monoisotopic (exact) mass is 125 g/mol. The molecule has 0 saturated heterocycles. The third-order valence-electron chi connectivity index (χ3n) is 0.700. The molecule has 1 rings (SSSR count). The zero-order valence-electron chi connectivity index (χ0n) is 4.53. The number of H-pyrrole nitrogens is 1. The number of aromatic amines is 1. The van der Waals surface area contributed by atoms with Crippen LogP contribution in [0.2, 0.25) is 0 Å². The van der Waals surface area contributed by atoms with Crippen molar-refractivity contribution in [2.24, 2.45) is 5.73 Å². The molecule has 1 radical (unpaired) electrons. The molecule has 1 aromatic heterocycles. The number of aromatic nitrogens is 2. The second-order valence-electron chi connectivity index (χ2n) is 1.36. The molecule has 9 heavy (non-hydrogen) atoms. The van der Waals surface area contributed by atoms with Gasteiger partial charge in [0.25, 0.3) is 0 Å². The Bertz CT molecular complexity index is 192. The molecule has 1 heterocycles. The van der Waals surface area contributed by atoms with E-state index in [1.54, 1.807) is 6.20 Å². The van der Waals surface area contributed by atoms with Gasteiger partial charge in [-0.2, -0.15) is 5.32 Å². The molecule has 1 aromatic rings. The van der Waals surface area contributed by atoms with Gasteiger partial charge in [0.05, 0.1) is 0 Å². The number of nitrogens with zero attached hydrogens (tertiary/aromatic N) is 2. The Labute approximate surface area is 51.3 Å². The molecular weight excluding hydrogens is 120 g/mol. The third kappa shape index (κ3) is 1.45. The number of nitrogens with two attached hydrogens (primary N) is 1. The number of rotatable bonds is 1. The first kappa shape index (κ1) is 5.61. The summed E-state index contributed by atoms with van der Waals surface area (Å²) in [7, 11) is 0. The van der Waals surface area contributed by atoms with E-state index in [1.165, 1.54) is 6.20 Å². The molecule has 5 heteroatoms. The second-order valence-corrected chi connectivity index (χ2v) is 1.36. The number of imidazole rings is 1. The number of carbonyl (C=O) groups excluding carboxylic acids is 1. The van der Waals surface area contributed by atoms with Crippen LogP contribution in [0.25, 0.3) is 0 Å². The van der Waals surface area contributed by atoms with E-state index in [0.717, 1.165) is 0 Å². The Kier molecular flexibility index (Phi) is 1.35. The van der Waals surface area contributed by atoms with Gasteiger partial charge >= 0.3 is 6.03 Å². The highest BCUT2D eigenvalue weighted by atomic mass is 16.2. The van der Waals surface area contributed by atoms with Crippen LogP contribution in [0.15, 0.2) is 12.4 Å². The maximum absolute atomic E-state index is 10.1. The fourth-order valence-corrected chi connectivity index (χ4v) is 0.422. The van der Waals surface area contributed by atoms with Crippen LogP contribution in [0.5, 0.6) is 0 Å². The maximum atomic E-state index is 10.1. The van der Waals surface area contributed by atoms with E-state index in [4.69, 9.17) is 5.73 Å². The number of hydrogen-bond acceptors (Lipinski definition) is 2. The average molecular weight is 125 g/mol. The largest absolute Gasteiger partial charge is 0.350 e. The van der Waals surface area contributed by atoms with Crippen molar-refractivity contribution in [3.63, 3.8) is 0 Å². The van der Waals surface area contributed by atoms with Crippen LogP contribution in [0.1, 0.15) is 0 Å². The first-order valence-corrected chi connectivity index (χ1v) is 2.29. The molecule has 0 aliphatic rings. The van der Waals surface area contributed by atoms with Gasteiger partial charge < -0.3 is 10.7 Å². The van der Waals surface area contributed by atoms with Crippen LogP contribution >= 0.6 is 0 Å². The molecule has 0 fully saturated rings. The van der Waals surface area contributed by atoms with Gasteiger partial charge in [-0.1, -0.05) is 0 Å². The molecule has 0 aliphatic carbocycles. The van der Waals surface area contributed by atoms with Crippen LogP contribution < -0.4 is 11.1 Å². The normalized spacial score (nSPS) is 8.89. The molecule has 0 aliphatic heterocycles. The molecule has 0 spiro atoms. The molecule has 0 aromatic carbocycles. The van der Waals surface area contributed by atoms with Gasteiger partial charge in [-0.05, 0) is 0 Å². The Hall–Kier alpha value is -1.52.